The summed E-state index contributed by atoms with van der Waals surface area (Å²) in [7, 11) is 0. The molecule has 4 heterocycles. The van der Waals surface area contributed by atoms with Gasteiger partial charge in [-0.3, -0.25) is 0 Å². The predicted octanol–water partition coefficient (Wildman–Crippen LogP) is 15.7. The van der Waals surface area contributed by atoms with Crippen LogP contribution in [0.15, 0.2) is 212 Å². The highest BCUT2D eigenvalue weighted by atomic mass is 32.1. The first-order chi connectivity index (χ1) is 32.2. The van der Waals surface area contributed by atoms with E-state index in [9.17, 15) is 0 Å². The van der Waals surface area contributed by atoms with Gasteiger partial charge in [0.25, 0.3) is 0 Å². The maximum atomic E-state index is 6.64. The standard InChI is InChI=1S/C60H35N3OS/c1-2-15-38(16-3-1)59-62-50(35-51(63-59)43-21-14-20-40-39-17-6-13-28-54(39)65-58(40)43)36-29-31-37(32-30-36)57-44-33-34-48-56(55(44)42-19-5-10-25-49(42)61-57)41-18-4-7-22-45(41)60(48)46-23-8-11-26-52(46)64-53-27-12-9-24-47(53)60/h1-35H. The second-order valence-electron chi connectivity index (χ2n) is 17.0. The van der Waals surface area contributed by atoms with E-state index in [0.29, 0.717) is 5.82 Å². The van der Waals surface area contributed by atoms with Crippen LogP contribution in [0.5, 0.6) is 11.5 Å². The lowest BCUT2D eigenvalue weighted by atomic mass is 9.66. The van der Waals surface area contributed by atoms with Crippen LogP contribution in [-0.2, 0) is 5.41 Å². The van der Waals surface area contributed by atoms with Crippen molar-refractivity contribution in [3.63, 3.8) is 0 Å². The van der Waals surface area contributed by atoms with E-state index in [-0.39, 0.29) is 0 Å². The quantitative estimate of drug-likeness (QED) is 0.166. The molecule has 9 aromatic carbocycles. The molecular formula is C60H35N3OS. The third-order valence-electron chi connectivity index (χ3n) is 13.6. The van der Waals surface area contributed by atoms with E-state index in [1.807, 2.05) is 29.5 Å². The normalized spacial score (nSPS) is 13.2. The molecular weight excluding hydrogens is 811 g/mol. The van der Waals surface area contributed by atoms with Gasteiger partial charge in [0.05, 0.1) is 28.0 Å². The molecule has 1 spiro atoms. The Morgan fingerprint density at radius 1 is 0.400 bits per heavy atom. The van der Waals surface area contributed by atoms with Gasteiger partial charge in [0, 0.05) is 69.7 Å². The third kappa shape index (κ3) is 5.21. The second kappa shape index (κ2) is 13.9. The van der Waals surface area contributed by atoms with Gasteiger partial charge >= 0.3 is 0 Å². The number of hydrogen-bond donors (Lipinski definition) is 0. The number of ether oxygens (including phenoxy) is 1. The molecule has 0 unspecified atom stereocenters. The number of para-hydroxylation sites is 3. The predicted molar refractivity (Wildman–Crippen MR) is 267 cm³/mol. The van der Waals surface area contributed by atoms with E-state index < -0.39 is 5.41 Å². The first-order valence-corrected chi connectivity index (χ1v) is 22.8. The van der Waals surface area contributed by atoms with Gasteiger partial charge in [-0.25, -0.2) is 15.0 Å². The van der Waals surface area contributed by atoms with Crippen molar-refractivity contribution in [2.24, 2.45) is 0 Å². The van der Waals surface area contributed by atoms with Crippen LogP contribution in [0, 0.1) is 0 Å². The second-order valence-corrected chi connectivity index (χ2v) is 18.0. The molecule has 65 heavy (non-hydrogen) atoms. The van der Waals surface area contributed by atoms with Gasteiger partial charge in [-0.15, -0.1) is 11.3 Å². The van der Waals surface area contributed by atoms with Crippen molar-refractivity contribution in [2.75, 3.05) is 0 Å². The van der Waals surface area contributed by atoms with E-state index in [2.05, 4.69) is 194 Å². The third-order valence-corrected chi connectivity index (χ3v) is 14.8. The molecule has 0 saturated heterocycles. The first kappa shape index (κ1) is 36.3. The molecule has 0 N–H and O–H groups in total. The zero-order valence-electron chi connectivity index (χ0n) is 34.9. The minimum absolute atomic E-state index is 0.560. The Morgan fingerprint density at radius 2 is 1.03 bits per heavy atom. The topological polar surface area (TPSA) is 47.9 Å². The summed E-state index contributed by atoms with van der Waals surface area (Å²) in [6, 6.07) is 75.7. The maximum absolute atomic E-state index is 6.64. The average molecular weight is 846 g/mol. The molecule has 5 heteroatoms. The molecule has 302 valence electrons. The molecule has 0 fully saturated rings. The molecule has 0 saturated carbocycles. The summed E-state index contributed by atoms with van der Waals surface area (Å²) in [4.78, 5) is 15.9. The van der Waals surface area contributed by atoms with Gasteiger partial charge in [0.1, 0.15) is 11.5 Å². The Bertz CT molecular complexity index is 3880. The number of hydrogen-bond acceptors (Lipinski definition) is 5. The van der Waals surface area contributed by atoms with Crippen LogP contribution in [0.3, 0.4) is 0 Å². The number of aromatic nitrogens is 3. The van der Waals surface area contributed by atoms with E-state index in [0.717, 1.165) is 78.3 Å². The Kier molecular flexibility index (Phi) is 7.74. The monoisotopic (exact) mass is 845 g/mol. The largest absolute Gasteiger partial charge is 0.457 e. The van der Waals surface area contributed by atoms with Gasteiger partial charge in [0.15, 0.2) is 5.82 Å². The number of pyridine rings is 1. The highest BCUT2D eigenvalue weighted by Gasteiger charge is 2.51. The molecule has 2 aliphatic rings. The number of nitrogens with zero attached hydrogens (tertiary/aromatic N) is 3. The van der Waals surface area contributed by atoms with Gasteiger partial charge < -0.3 is 4.74 Å². The van der Waals surface area contributed by atoms with Gasteiger partial charge in [-0.1, -0.05) is 182 Å². The van der Waals surface area contributed by atoms with Crippen LogP contribution in [0.4, 0.5) is 0 Å². The van der Waals surface area contributed by atoms with Crippen LogP contribution in [0.25, 0.3) is 98.1 Å². The van der Waals surface area contributed by atoms with Crippen molar-refractivity contribution in [3.05, 3.63) is 235 Å². The number of benzene rings is 9. The fraction of sp³-hybridized carbons (Fsp3) is 0.0167. The SMILES string of the molecule is c1ccc(-c2nc(-c3ccc(-c4nc5ccccc5c5c6c(ccc45)C4(c5ccccc5Oc5ccccc54)c4ccccc4-6)cc3)cc(-c3cccc4c3sc3ccccc34)n2)cc1. The van der Waals surface area contributed by atoms with E-state index >= 15 is 0 Å². The Labute approximate surface area is 378 Å². The number of fused-ring (bicyclic) bond motifs is 16. The Hall–Kier alpha value is -8.25. The Morgan fingerprint density at radius 3 is 1.85 bits per heavy atom. The van der Waals surface area contributed by atoms with Crippen molar-refractivity contribution in [3.8, 4) is 67.8 Å². The summed E-state index contributed by atoms with van der Waals surface area (Å²) < 4.78 is 9.14. The molecule has 0 radical (unpaired) electrons. The van der Waals surface area contributed by atoms with Gasteiger partial charge in [0.2, 0.25) is 0 Å². The molecule has 14 rings (SSSR count). The number of rotatable bonds is 4. The molecule has 4 nitrogen and oxygen atoms in total. The van der Waals surface area contributed by atoms with E-state index in [1.165, 1.54) is 47.8 Å². The summed E-state index contributed by atoms with van der Waals surface area (Å²) in [6.07, 6.45) is 0. The van der Waals surface area contributed by atoms with Crippen LogP contribution >= 0.6 is 11.3 Å². The summed E-state index contributed by atoms with van der Waals surface area (Å²) in [5, 5.41) is 5.97. The summed E-state index contributed by atoms with van der Waals surface area (Å²) in [5.41, 5.74) is 14.6. The zero-order chi connectivity index (χ0) is 42.6. The maximum Gasteiger partial charge on any atom is 0.160 e. The zero-order valence-corrected chi connectivity index (χ0v) is 35.7. The first-order valence-electron chi connectivity index (χ1n) is 22.0. The molecule has 3 aromatic heterocycles. The van der Waals surface area contributed by atoms with Crippen molar-refractivity contribution in [1.29, 1.82) is 0 Å². The van der Waals surface area contributed by atoms with Crippen LogP contribution < -0.4 is 4.74 Å². The molecule has 1 aliphatic heterocycles. The molecule has 1 aliphatic carbocycles. The lowest BCUT2D eigenvalue weighted by Gasteiger charge is -2.39. The van der Waals surface area contributed by atoms with Crippen molar-refractivity contribution >= 4 is 53.2 Å². The van der Waals surface area contributed by atoms with Crippen molar-refractivity contribution in [1.82, 2.24) is 15.0 Å². The lowest BCUT2D eigenvalue weighted by Crippen LogP contribution is -2.32. The average Bonchev–Trinajstić information content (AvgIpc) is 3.90. The van der Waals surface area contributed by atoms with Crippen molar-refractivity contribution < 1.29 is 4.74 Å². The Balaban J connectivity index is 0.963. The van der Waals surface area contributed by atoms with Crippen LogP contribution in [-0.4, -0.2) is 15.0 Å². The molecule has 0 bridgehead atoms. The molecule has 0 atom stereocenters. The van der Waals surface area contributed by atoms with Gasteiger partial charge in [-0.2, -0.15) is 0 Å². The van der Waals surface area contributed by atoms with Crippen LogP contribution in [0.1, 0.15) is 22.3 Å². The smallest absolute Gasteiger partial charge is 0.160 e. The summed E-state index contributed by atoms with van der Waals surface area (Å²) in [5.74, 6) is 2.47. The fourth-order valence-electron chi connectivity index (χ4n) is 10.8. The van der Waals surface area contributed by atoms with Crippen LogP contribution in [0.2, 0.25) is 0 Å². The van der Waals surface area contributed by atoms with E-state index in [4.69, 9.17) is 19.7 Å². The minimum Gasteiger partial charge on any atom is -0.457 e. The highest BCUT2D eigenvalue weighted by Crippen LogP contribution is 2.63. The lowest BCUT2D eigenvalue weighted by molar-refractivity contribution is 0.436. The summed E-state index contributed by atoms with van der Waals surface area (Å²) in [6.45, 7) is 0. The molecule has 0 amide bonds. The molecule has 12 aromatic rings. The summed E-state index contributed by atoms with van der Waals surface area (Å²) >= 11 is 1.82. The highest BCUT2D eigenvalue weighted by molar-refractivity contribution is 7.26. The fourth-order valence-corrected chi connectivity index (χ4v) is 12.0. The number of thiophene rings is 1. The minimum atomic E-state index is -0.560. The van der Waals surface area contributed by atoms with Gasteiger partial charge in [-0.05, 0) is 52.6 Å². The van der Waals surface area contributed by atoms with E-state index in [1.54, 1.807) is 0 Å². The van der Waals surface area contributed by atoms with Crippen molar-refractivity contribution in [2.45, 2.75) is 5.41 Å².